The number of esters is 2. The van der Waals surface area contributed by atoms with Gasteiger partial charge in [-0.05, 0) is 30.3 Å². The molecule has 6 nitrogen and oxygen atoms in total. The molecule has 0 aliphatic rings. The van der Waals surface area contributed by atoms with Crippen LogP contribution in [0.2, 0.25) is 0 Å². The number of carbonyl (C=O) groups excluding carboxylic acids is 3. The molecule has 25 heavy (non-hydrogen) atoms. The van der Waals surface area contributed by atoms with Gasteiger partial charge in [-0.1, -0.05) is 18.2 Å². The van der Waals surface area contributed by atoms with Gasteiger partial charge in [0.05, 0.1) is 12.9 Å². The zero-order chi connectivity index (χ0) is 18.2. The summed E-state index contributed by atoms with van der Waals surface area (Å²) in [5.41, 5.74) is 0.473. The van der Waals surface area contributed by atoms with Crippen LogP contribution in [0, 0.1) is 0 Å². The molecule has 1 amide bonds. The maximum absolute atomic E-state index is 12.1. The number of benzene rings is 2. The number of rotatable bonds is 6. The van der Waals surface area contributed by atoms with Crippen LogP contribution in [0.5, 0.6) is 5.75 Å². The Hall–Kier alpha value is -2.80. The molecule has 2 rings (SSSR count). The summed E-state index contributed by atoms with van der Waals surface area (Å²) in [6.45, 7) is 1.23. The van der Waals surface area contributed by atoms with E-state index in [0.717, 1.165) is 4.90 Å². The van der Waals surface area contributed by atoms with Crippen molar-refractivity contribution in [2.75, 3.05) is 18.2 Å². The molecule has 0 spiro atoms. The Bertz CT molecular complexity index is 776. The van der Waals surface area contributed by atoms with Crippen LogP contribution in [0.25, 0.3) is 0 Å². The summed E-state index contributed by atoms with van der Waals surface area (Å²) in [5.74, 6) is -1.13. The van der Waals surface area contributed by atoms with Crippen molar-refractivity contribution in [2.24, 2.45) is 0 Å². The Kier molecular flexibility index (Phi) is 6.59. The van der Waals surface area contributed by atoms with Crippen LogP contribution in [0.15, 0.2) is 53.4 Å². The highest BCUT2D eigenvalue weighted by Gasteiger charge is 2.16. The highest BCUT2D eigenvalue weighted by Crippen LogP contribution is 2.24. The molecule has 0 saturated heterocycles. The van der Waals surface area contributed by atoms with Crippen LogP contribution >= 0.6 is 11.8 Å². The van der Waals surface area contributed by atoms with E-state index in [2.05, 4.69) is 10.1 Å². The average Bonchev–Trinajstić information content (AvgIpc) is 2.61. The van der Waals surface area contributed by atoms with Crippen LogP contribution < -0.4 is 10.1 Å². The number of ether oxygens (including phenoxy) is 2. The van der Waals surface area contributed by atoms with Gasteiger partial charge in [0, 0.05) is 17.5 Å². The quantitative estimate of drug-likeness (QED) is 0.485. The predicted octanol–water partition coefficient (Wildman–Crippen LogP) is 3.13. The molecular weight excluding hydrogens is 342 g/mol. The van der Waals surface area contributed by atoms with Gasteiger partial charge in [0.25, 0.3) is 0 Å². The van der Waals surface area contributed by atoms with Crippen LogP contribution in [0.4, 0.5) is 5.69 Å². The average molecular weight is 359 g/mol. The Labute approximate surface area is 149 Å². The minimum atomic E-state index is -0.661. The first-order valence-corrected chi connectivity index (χ1v) is 8.36. The normalized spacial score (nSPS) is 10.0. The highest BCUT2D eigenvalue weighted by molar-refractivity contribution is 8.00. The van der Waals surface area contributed by atoms with E-state index < -0.39 is 11.9 Å². The van der Waals surface area contributed by atoms with Gasteiger partial charge in [-0.25, -0.2) is 4.79 Å². The van der Waals surface area contributed by atoms with Crippen molar-refractivity contribution in [3.63, 3.8) is 0 Å². The van der Waals surface area contributed by atoms with E-state index in [1.165, 1.54) is 37.9 Å². The molecule has 0 fully saturated rings. The summed E-state index contributed by atoms with van der Waals surface area (Å²) < 4.78 is 9.65. The van der Waals surface area contributed by atoms with Gasteiger partial charge in [-0.3, -0.25) is 9.59 Å². The molecule has 0 atom stereocenters. The summed E-state index contributed by atoms with van der Waals surface area (Å²) in [4.78, 5) is 36.0. The first-order chi connectivity index (χ1) is 12.0. The number of thioether (sulfide) groups is 1. The Morgan fingerprint density at radius 3 is 2.44 bits per heavy atom. The van der Waals surface area contributed by atoms with Crippen molar-refractivity contribution in [2.45, 2.75) is 11.8 Å². The lowest BCUT2D eigenvalue weighted by Crippen LogP contribution is -2.15. The number of hydrogen-bond acceptors (Lipinski definition) is 6. The third kappa shape index (κ3) is 5.65. The molecule has 1 N–H and O–H groups in total. The molecule has 2 aromatic rings. The minimum Gasteiger partial charge on any atom is -0.465 e. The second-order valence-electron chi connectivity index (χ2n) is 4.95. The Morgan fingerprint density at radius 1 is 1.08 bits per heavy atom. The Morgan fingerprint density at radius 2 is 1.80 bits per heavy atom. The summed E-state index contributed by atoms with van der Waals surface area (Å²) in [6.07, 6.45) is 0. The van der Waals surface area contributed by atoms with Crippen molar-refractivity contribution in [1.82, 2.24) is 0 Å². The van der Waals surface area contributed by atoms with Crippen molar-refractivity contribution in [1.29, 1.82) is 0 Å². The summed E-state index contributed by atoms with van der Waals surface area (Å²) in [7, 11) is 1.22. The molecule has 0 bridgehead atoms. The molecule has 2 aromatic carbocycles. The van der Waals surface area contributed by atoms with Crippen LogP contribution in [0.1, 0.15) is 17.3 Å². The van der Waals surface area contributed by atoms with Crippen molar-refractivity contribution >= 4 is 35.3 Å². The van der Waals surface area contributed by atoms with Gasteiger partial charge in [0.1, 0.15) is 11.3 Å². The van der Waals surface area contributed by atoms with Gasteiger partial charge in [0.15, 0.2) is 0 Å². The van der Waals surface area contributed by atoms with Gasteiger partial charge >= 0.3 is 11.9 Å². The molecule has 7 heteroatoms. The lowest BCUT2D eigenvalue weighted by molar-refractivity contribution is -0.131. The number of carbonyl (C=O) groups is 3. The number of nitrogens with one attached hydrogen (secondary N) is 1. The second kappa shape index (κ2) is 8.89. The van der Waals surface area contributed by atoms with E-state index in [9.17, 15) is 14.4 Å². The number of hydrogen-bond donors (Lipinski definition) is 1. The van der Waals surface area contributed by atoms with E-state index in [1.807, 2.05) is 30.3 Å². The van der Waals surface area contributed by atoms with Crippen molar-refractivity contribution in [3.05, 3.63) is 54.1 Å². The predicted molar refractivity (Wildman–Crippen MR) is 94.9 cm³/mol. The SMILES string of the molecule is COC(=O)c1cc(NC(=O)CSc2ccccc2)ccc1OC(C)=O. The fraction of sp³-hybridized carbons (Fsp3) is 0.167. The van der Waals surface area contributed by atoms with Crippen LogP contribution in [-0.2, 0) is 14.3 Å². The summed E-state index contributed by atoms with van der Waals surface area (Å²) in [6, 6.07) is 13.9. The van der Waals surface area contributed by atoms with Gasteiger partial charge < -0.3 is 14.8 Å². The largest absolute Gasteiger partial charge is 0.465 e. The van der Waals surface area contributed by atoms with E-state index in [1.54, 1.807) is 6.07 Å². The van der Waals surface area contributed by atoms with E-state index in [4.69, 9.17) is 4.74 Å². The zero-order valence-electron chi connectivity index (χ0n) is 13.8. The Balaban J connectivity index is 2.07. The van der Waals surface area contributed by atoms with Crippen molar-refractivity contribution in [3.8, 4) is 5.75 Å². The fourth-order valence-corrected chi connectivity index (χ4v) is 2.70. The molecule has 0 aliphatic heterocycles. The molecule has 0 heterocycles. The van der Waals surface area contributed by atoms with Gasteiger partial charge in [0.2, 0.25) is 5.91 Å². The summed E-state index contributed by atoms with van der Waals surface area (Å²) in [5, 5.41) is 2.70. The topological polar surface area (TPSA) is 81.7 Å². The van der Waals surface area contributed by atoms with E-state index in [-0.39, 0.29) is 23.0 Å². The first-order valence-electron chi connectivity index (χ1n) is 7.38. The smallest absolute Gasteiger partial charge is 0.341 e. The second-order valence-corrected chi connectivity index (χ2v) is 5.99. The highest BCUT2D eigenvalue weighted by atomic mass is 32.2. The molecular formula is C18H17NO5S. The number of anilines is 1. The lowest BCUT2D eigenvalue weighted by Gasteiger charge is -2.11. The van der Waals surface area contributed by atoms with Gasteiger partial charge in [-0.15, -0.1) is 11.8 Å². The lowest BCUT2D eigenvalue weighted by atomic mass is 10.1. The molecule has 130 valence electrons. The molecule has 0 aromatic heterocycles. The molecule has 0 saturated carbocycles. The monoisotopic (exact) mass is 359 g/mol. The molecule has 0 radical (unpaired) electrons. The first kappa shape index (κ1) is 18.5. The molecule has 0 aliphatic carbocycles. The van der Waals surface area contributed by atoms with Gasteiger partial charge in [-0.2, -0.15) is 0 Å². The summed E-state index contributed by atoms with van der Waals surface area (Å²) >= 11 is 1.40. The zero-order valence-corrected chi connectivity index (χ0v) is 14.6. The molecule has 0 unspecified atom stereocenters. The fourth-order valence-electron chi connectivity index (χ4n) is 1.98. The maximum Gasteiger partial charge on any atom is 0.341 e. The van der Waals surface area contributed by atoms with Crippen LogP contribution in [-0.4, -0.2) is 30.7 Å². The van der Waals surface area contributed by atoms with Crippen molar-refractivity contribution < 1.29 is 23.9 Å². The third-order valence-corrected chi connectivity index (χ3v) is 4.05. The minimum absolute atomic E-state index is 0.0613. The maximum atomic E-state index is 12.1. The standard InChI is InChI=1S/C18H17NO5S/c1-12(20)24-16-9-8-13(10-15(16)18(22)23-2)19-17(21)11-25-14-6-4-3-5-7-14/h3-10H,11H2,1-2H3,(H,19,21). The van der Waals surface area contributed by atoms with E-state index in [0.29, 0.717) is 5.69 Å². The van der Waals surface area contributed by atoms with Crippen LogP contribution in [0.3, 0.4) is 0 Å². The van der Waals surface area contributed by atoms with E-state index >= 15 is 0 Å². The third-order valence-electron chi connectivity index (χ3n) is 3.04. The number of amides is 1. The number of methoxy groups -OCH3 is 1.